The predicted octanol–water partition coefficient (Wildman–Crippen LogP) is -0.360. The maximum atomic E-state index is 10.3. The SMILES string of the molecule is C[C@H](CC/C=C/C(=O)O)O[C@@H]1O[C@@H](C)[C@@H](O)[C@@H](O)[C@@H]1O. The van der Waals surface area contributed by atoms with Gasteiger partial charge in [-0.2, -0.15) is 0 Å². The highest BCUT2D eigenvalue weighted by molar-refractivity contribution is 5.79. The molecule has 0 radical (unpaired) electrons. The Labute approximate surface area is 117 Å². The van der Waals surface area contributed by atoms with Crippen molar-refractivity contribution < 1.29 is 34.7 Å². The van der Waals surface area contributed by atoms with E-state index in [9.17, 15) is 20.1 Å². The van der Waals surface area contributed by atoms with Crippen LogP contribution in [0.1, 0.15) is 26.7 Å². The van der Waals surface area contributed by atoms with Crippen LogP contribution in [0.4, 0.5) is 0 Å². The molecular weight excluding hydrogens is 268 g/mol. The number of aliphatic hydroxyl groups is 3. The summed E-state index contributed by atoms with van der Waals surface area (Å²) in [5.74, 6) is -1.00. The number of hydrogen-bond donors (Lipinski definition) is 4. The Balaban J connectivity index is 2.41. The highest BCUT2D eigenvalue weighted by atomic mass is 16.7. The van der Waals surface area contributed by atoms with E-state index in [1.54, 1.807) is 13.8 Å². The molecule has 0 aliphatic carbocycles. The van der Waals surface area contributed by atoms with Crippen molar-refractivity contribution in [2.45, 2.75) is 63.5 Å². The first kappa shape index (κ1) is 17.1. The van der Waals surface area contributed by atoms with E-state index in [2.05, 4.69) is 0 Å². The van der Waals surface area contributed by atoms with Gasteiger partial charge in [0.05, 0.1) is 12.2 Å². The fourth-order valence-corrected chi connectivity index (χ4v) is 1.94. The zero-order chi connectivity index (χ0) is 15.3. The number of carboxylic acids is 1. The largest absolute Gasteiger partial charge is 0.478 e. The smallest absolute Gasteiger partial charge is 0.327 e. The number of rotatable bonds is 6. The summed E-state index contributed by atoms with van der Waals surface area (Å²) < 4.78 is 10.8. The molecule has 1 heterocycles. The molecule has 0 spiro atoms. The van der Waals surface area contributed by atoms with Gasteiger partial charge in [-0.05, 0) is 26.7 Å². The summed E-state index contributed by atoms with van der Waals surface area (Å²) in [6.07, 6.45) is -2.11. The maximum Gasteiger partial charge on any atom is 0.327 e. The lowest BCUT2D eigenvalue weighted by atomic mass is 10.00. The topological polar surface area (TPSA) is 116 Å². The van der Waals surface area contributed by atoms with Crippen LogP contribution in [0, 0.1) is 0 Å². The van der Waals surface area contributed by atoms with E-state index in [4.69, 9.17) is 14.6 Å². The first-order valence-electron chi connectivity index (χ1n) is 6.57. The van der Waals surface area contributed by atoms with E-state index in [0.717, 1.165) is 6.08 Å². The second kappa shape index (κ2) is 7.70. The molecule has 1 aliphatic rings. The third-order valence-electron chi connectivity index (χ3n) is 3.18. The quantitative estimate of drug-likeness (QED) is 0.494. The molecule has 7 heteroatoms. The molecule has 0 bridgehead atoms. The zero-order valence-electron chi connectivity index (χ0n) is 11.5. The zero-order valence-corrected chi connectivity index (χ0v) is 11.5. The number of aliphatic hydroxyl groups excluding tert-OH is 3. The van der Waals surface area contributed by atoms with Crippen molar-refractivity contribution in [3.05, 3.63) is 12.2 Å². The average molecular weight is 290 g/mol. The molecule has 7 nitrogen and oxygen atoms in total. The van der Waals surface area contributed by atoms with Crippen LogP contribution in [0.5, 0.6) is 0 Å². The van der Waals surface area contributed by atoms with Gasteiger partial charge in [0.25, 0.3) is 0 Å². The summed E-state index contributed by atoms with van der Waals surface area (Å²) in [7, 11) is 0. The molecule has 6 atom stereocenters. The fourth-order valence-electron chi connectivity index (χ4n) is 1.94. The Morgan fingerprint density at radius 2 is 1.95 bits per heavy atom. The standard InChI is InChI=1S/C13H22O7/c1-7(5-3-4-6-9(14)15)19-13-12(18)11(17)10(16)8(2)20-13/h4,6-8,10-13,16-18H,3,5H2,1-2H3,(H,14,15)/b6-4+/t7-,8+,10-,11-,12+,13-/m1/s1. The summed E-state index contributed by atoms with van der Waals surface area (Å²) in [6, 6.07) is 0. The van der Waals surface area contributed by atoms with Crippen LogP contribution in [-0.4, -0.2) is 63.2 Å². The van der Waals surface area contributed by atoms with Gasteiger partial charge in [0.15, 0.2) is 6.29 Å². The first-order valence-corrected chi connectivity index (χ1v) is 6.57. The van der Waals surface area contributed by atoms with Crippen molar-refractivity contribution in [1.82, 2.24) is 0 Å². The van der Waals surface area contributed by atoms with Gasteiger partial charge in [0.1, 0.15) is 18.3 Å². The molecule has 0 unspecified atom stereocenters. The summed E-state index contributed by atoms with van der Waals surface area (Å²) in [4.78, 5) is 10.3. The number of carboxylic acid groups (broad SMARTS) is 1. The number of ether oxygens (including phenoxy) is 2. The highest BCUT2D eigenvalue weighted by Crippen LogP contribution is 2.23. The van der Waals surface area contributed by atoms with Gasteiger partial charge in [-0.3, -0.25) is 0 Å². The van der Waals surface area contributed by atoms with E-state index >= 15 is 0 Å². The molecule has 1 rings (SSSR count). The maximum absolute atomic E-state index is 10.3. The van der Waals surface area contributed by atoms with E-state index in [1.807, 2.05) is 0 Å². The van der Waals surface area contributed by atoms with Crippen molar-refractivity contribution in [3.8, 4) is 0 Å². The Morgan fingerprint density at radius 1 is 1.30 bits per heavy atom. The summed E-state index contributed by atoms with van der Waals surface area (Å²) in [6.45, 7) is 3.34. The van der Waals surface area contributed by atoms with Crippen LogP contribution >= 0.6 is 0 Å². The monoisotopic (exact) mass is 290 g/mol. The van der Waals surface area contributed by atoms with Crippen molar-refractivity contribution in [2.75, 3.05) is 0 Å². The number of hydrogen-bond acceptors (Lipinski definition) is 6. The van der Waals surface area contributed by atoms with Crippen molar-refractivity contribution >= 4 is 5.97 Å². The number of allylic oxidation sites excluding steroid dienone is 1. The fraction of sp³-hybridized carbons (Fsp3) is 0.769. The molecule has 0 aromatic carbocycles. The van der Waals surface area contributed by atoms with Crippen LogP contribution in [0.15, 0.2) is 12.2 Å². The normalized spacial score (nSPS) is 36.1. The van der Waals surface area contributed by atoms with Crippen molar-refractivity contribution in [2.24, 2.45) is 0 Å². The minimum Gasteiger partial charge on any atom is -0.478 e. The molecule has 0 aromatic rings. The lowest BCUT2D eigenvalue weighted by molar-refractivity contribution is -0.302. The van der Waals surface area contributed by atoms with Gasteiger partial charge in [0.2, 0.25) is 0 Å². The minimum atomic E-state index is -1.32. The van der Waals surface area contributed by atoms with Gasteiger partial charge >= 0.3 is 5.97 Å². The average Bonchev–Trinajstić information content (AvgIpc) is 2.38. The van der Waals surface area contributed by atoms with Crippen LogP contribution in [0.3, 0.4) is 0 Å². The molecule has 20 heavy (non-hydrogen) atoms. The van der Waals surface area contributed by atoms with Crippen LogP contribution in [0.2, 0.25) is 0 Å². The van der Waals surface area contributed by atoms with E-state index in [-0.39, 0.29) is 6.10 Å². The summed E-state index contributed by atoms with van der Waals surface area (Å²) in [5, 5.41) is 37.4. The lowest BCUT2D eigenvalue weighted by Gasteiger charge is -2.39. The Bertz CT molecular complexity index is 344. The van der Waals surface area contributed by atoms with Gasteiger partial charge in [-0.1, -0.05) is 6.08 Å². The molecule has 1 saturated heterocycles. The Kier molecular flexibility index (Phi) is 6.57. The molecule has 1 aliphatic heterocycles. The Morgan fingerprint density at radius 3 is 2.55 bits per heavy atom. The number of aliphatic carboxylic acids is 1. The molecule has 0 saturated carbocycles. The molecule has 4 N–H and O–H groups in total. The second-order valence-electron chi connectivity index (χ2n) is 4.95. The van der Waals surface area contributed by atoms with E-state index < -0.39 is 36.7 Å². The lowest BCUT2D eigenvalue weighted by Crippen LogP contribution is -2.57. The first-order chi connectivity index (χ1) is 9.32. The Hall–Kier alpha value is -0.990. The van der Waals surface area contributed by atoms with Crippen LogP contribution < -0.4 is 0 Å². The van der Waals surface area contributed by atoms with Gasteiger partial charge in [-0.15, -0.1) is 0 Å². The molecule has 0 aromatic heterocycles. The van der Waals surface area contributed by atoms with Crippen molar-refractivity contribution in [1.29, 1.82) is 0 Å². The predicted molar refractivity (Wildman–Crippen MR) is 68.9 cm³/mol. The highest BCUT2D eigenvalue weighted by Gasteiger charge is 2.42. The summed E-state index contributed by atoms with van der Waals surface area (Å²) in [5.41, 5.74) is 0. The minimum absolute atomic E-state index is 0.289. The third-order valence-corrected chi connectivity index (χ3v) is 3.18. The van der Waals surface area contributed by atoms with E-state index in [1.165, 1.54) is 6.08 Å². The van der Waals surface area contributed by atoms with Gasteiger partial charge in [0, 0.05) is 6.08 Å². The van der Waals surface area contributed by atoms with E-state index in [0.29, 0.717) is 12.8 Å². The second-order valence-corrected chi connectivity index (χ2v) is 4.95. The summed E-state index contributed by atoms with van der Waals surface area (Å²) >= 11 is 0. The van der Waals surface area contributed by atoms with Crippen LogP contribution in [0.25, 0.3) is 0 Å². The van der Waals surface area contributed by atoms with Crippen molar-refractivity contribution in [3.63, 3.8) is 0 Å². The molecular formula is C13H22O7. The third kappa shape index (κ3) is 4.84. The van der Waals surface area contributed by atoms with Gasteiger partial charge < -0.3 is 29.9 Å². The molecule has 116 valence electrons. The molecule has 0 amide bonds. The van der Waals surface area contributed by atoms with Gasteiger partial charge in [-0.25, -0.2) is 4.79 Å². The molecule has 1 fully saturated rings. The van der Waals surface area contributed by atoms with Crippen LogP contribution in [-0.2, 0) is 14.3 Å². The number of carbonyl (C=O) groups is 1.